The van der Waals surface area contributed by atoms with Gasteiger partial charge in [0, 0.05) is 0 Å². The van der Waals surface area contributed by atoms with Gasteiger partial charge in [0.15, 0.2) is 0 Å². The Morgan fingerprint density at radius 2 is 1.43 bits per heavy atom. The standard InChI is InChI=1S/AsH3O4.Mg.H3N/c2-1(3,4)5;;/h(H3,2,3,4,5);;1H3/q;+2;/p-2. The summed E-state index contributed by atoms with van der Waals surface area (Å²) in [4.78, 5) is 0. The van der Waals surface area contributed by atoms with Crippen LogP contribution in [-0.4, -0.2) is 41.7 Å². The van der Waals surface area contributed by atoms with E-state index in [1.54, 1.807) is 0 Å². The normalized spacial score (nSPS) is 8.43. The molecule has 0 saturated heterocycles. The van der Waals surface area contributed by atoms with Crippen LogP contribution in [0.4, 0.5) is 0 Å². The van der Waals surface area contributed by atoms with Gasteiger partial charge in [-0.2, -0.15) is 0 Å². The number of hydrogen-bond donors (Lipinski definition) is 2. The van der Waals surface area contributed by atoms with Crippen molar-refractivity contribution in [3.05, 3.63) is 0 Å². The molecule has 0 aliphatic heterocycles. The molecule has 0 aromatic rings. The van der Waals surface area contributed by atoms with E-state index in [-0.39, 0.29) is 29.2 Å². The maximum atomic E-state index is 8.72. The van der Waals surface area contributed by atoms with Crippen molar-refractivity contribution in [2.24, 2.45) is 0 Å². The Labute approximate surface area is 59.8 Å². The fourth-order valence-corrected chi connectivity index (χ4v) is 0. The molecule has 0 heterocycles. The zero-order valence-corrected chi connectivity index (χ0v) is 6.82. The Morgan fingerprint density at radius 1 is 1.43 bits per heavy atom. The zero-order valence-electron chi connectivity index (χ0n) is 3.53. The van der Waals surface area contributed by atoms with E-state index >= 15 is 0 Å². The minimum Gasteiger partial charge on any atom is 2.00 e. The first-order valence-corrected chi connectivity index (χ1v) is 3.89. The molecule has 0 aliphatic carbocycles. The van der Waals surface area contributed by atoms with Gasteiger partial charge in [0.1, 0.15) is 0 Å². The molecule has 0 unspecified atom stereocenters. The molecule has 7 heavy (non-hydrogen) atoms. The van der Waals surface area contributed by atoms with Crippen molar-refractivity contribution in [2.45, 2.75) is 0 Å². The van der Waals surface area contributed by atoms with Gasteiger partial charge in [-0.15, -0.1) is 0 Å². The molecule has 0 amide bonds. The Hall–Kier alpha value is 0.965. The van der Waals surface area contributed by atoms with Crippen molar-refractivity contribution in [1.82, 2.24) is 6.15 Å². The second-order valence-corrected chi connectivity index (χ2v) is 2.43. The minimum absolute atomic E-state index is 0. The van der Waals surface area contributed by atoms with E-state index in [1.807, 2.05) is 0 Å². The van der Waals surface area contributed by atoms with E-state index in [0.29, 0.717) is 0 Å². The fourth-order valence-electron chi connectivity index (χ4n) is 0. The van der Waals surface area contributed by atoms with E-state index in [4.69, 9.17) is 16.0 Å². The quantitative estimate of drug-likeness (QED) is 0.373. The molecule has 40 valence electrons. The van der Waals surface area contributed by atoms with Crippen LogP contribution in [0.3, 0.4) is 0 Å². The second kappa shape index (κ2) is 5.11. The van der Waals surface area contributed by atoms with Crippen LogP contribution in [0, 0.1) is 0 Å². The Balaban J connectivity index is -0.0000000800. The molecule has 0 saturated carbocycles. The largest absolute Gasteiger partial charge is 2.00 e. The summed E-state index contributed by atoms with van der Waals surface area (Å²) in [6.07, 6.45) is 0. The molecule has 0 fully saturated rings. The van der Waals surface area contributed by atoms with Crippen LogP contribution in [0.5, 0.6) is 0 Å². The topological polar surface area (TPSA) is 118 Å². The molecule has 0 aliphatic rings. The van der Waals surface area contributed by atoms with Gasteiger partial charge >= 0.3 is 53.6 Å². The first-order valence-electron chi connectivity index (χ1n) is 0.748. The number of hydrogen-bond acceptors (Lipinski definition) is 4. The zero-order chi connectivity index (χ0) is 4.50. The van der Waals surface area contributed by atoms with Gasteiger partial charge in [-0.05, 0) is 0 Å². The molecular weight excluding hydrogens is 177 g/mol. The van der Waals surface area contributed by atoms with Crippen LogP contribution in [0.25, 0.3) is 0 Å². The van der Waals surface area contributed by atoms with Crippen LogP contribution in [0.15, 0.2) is 0 Å². The fraction of sp³-hybridized carbons (Fsp3) is 0. The van der Waals surface area contributed by atoms with Crippen molar-refractivity contribution in [3.8, 4) is 0 Å². The molecule has 5 nitrogen and oxygen atoms in total. The predicted octanol–water partition coefficient (Wildman–Crippen LogP) is -3.65. The molecular formula is H4AsMgNO4. The van der Waals surface area contributed by atoms with Crippen LogP contribution in [0.1, 0.15) is 0 Å². The van der Waals surface area contributed by atoms with Gasteiger partial charge < -0.3 is 6.15 Å². The van der Waals surface area contributed by atoms with Gasteiger partial charge in [-0.1, -0.05) is 0 Å². The molecule has 0 spiro atoms. The van der Waals surface area contributed by atoms with Crippen LogP contribution >= 0.6 is 0 Å². The van der Waals surface area contributed by atoms with Crippen molar-refractivity contribution >= 4 is 37.6 Å². The molecule has 0 radical (unpaired) electrons. The average Bonchev–Trinajstić information content (AvgIpc) is 0.722. The third-order valence-electron chi connectivity index (χ3n) is 0. The van der Waals surface area contributed by atoms with Gasteiger partial charge in [-0.3, -0.25) is 0 Å². The summed E-state index contributed by atoms with van der Waals surface area (Å²) in [7, 11) is 0. The van der Waals surface area contributed by atoms with E-state index < -0.39 is 14.5 Å². The predicted molar refractivity (Wildman–Crippen MR) is 19.4 cm³/mol. The van der Waals surface area contributed by atoms with E-state index in [1.165, 1.54) is 0 Å². The Kier molecular flexibility index (Phi) is 11.4. The van der Waals surface area contributed by atoms with Gasteiger partial charge in [-0.25, -0.2) is 0 Å². The van der Waals surface area contributed by atoms with Gasteiger partial charge in [0.25, 0.3) is 0 Å². The maximum Gasteiger partial charge on any atom is 2.00 e. The molecule has 4 N–H and O–H groups in total. The summed E-state index contributed by atoms with van der Waals surface area (Å²) in [6, 6.07) is 0. The van der Waals surface area contributed by atoms with Crippen LogP contribution in [-0.2, 0) is 3.74 Å². The maximum absolute atomic E-state index is 8.72. The SMILES string of the molecule is N.O=[As]([O-])([O-])O.[Mg+2]. The summed E-state index contributed by atoms with van der Waals surface area (Å²) in [5, 5.41) is 0. The van der Waals surface area contributed by atoms with Crippen LogP contribution in [0.2, 0.25) is 0 Å². The second-order valence-electron chi connectivity index (χ2n) is 0.469. The minimum atomic E-state index is -5.62. The molecule has 0 bridgehead atoms. The third-order valence-corrected chi connectivity index (χ3v) is 0. The Morgan fingerprint density at radius 3 is 1.43 bits per heavy atom. The molecule has 0 atom stereocenters. The van der Waals surface area contributed by atoms with Crippen LogP contribution < -0.4 is 14.3 Å². The average molecular weight is 181 g/mol. The summed E-state index contributed by atoms with van der Waals surface area (Å²) in [5.41, 5.74) is 0. The monoisotopic (exact) mass is 181 g/mol. The Bertz CT molecular complexity index is 57.8. The van der Waals surface area contributed by atoms with Crippen molar-refractivity contribution in [1.29, 1.82) is 0 Å². The summed E-state index contributed by atoms with van der Waals surface area (Å²) in [6.45, 7) is 0. The molecule has 0 aromatic heterocycles. The first kappa shape index (κ1) is 15.7. The van der Waals surface area contributed by atoms with E-state index in [0.717, 1.165) is 0 Å². The van der Waals surface area contributed by atoms with Gasteiger partial charge in [0.05, 0.1) is 0 Å². The summed E-state index contributed by atoms with van der Waals surface area (Å²) in [5.74, 6) is 0. The van der Waals surface area contributed by atoms with Crippen molar-refractivity contribution in [3.63, 3.8) is 0 Å². The third kappa shape index (κ3) is 184. The molecule has 0 aromatic carbocycles. The first-order chi connectivity index (χ1) is 2.00. The summed E-state index contributed by atoms with van der Waals surface area (Å²) < 4.78 is 33.2. The molecule has 7 heteroatoms. The van der Waals surface area contributed by atoms with E-state index in [2.05, 4.69) is 0 Å². The number of rotatable bonds is 0. The van der Waals surface area contributed by atoms with Crippen molar-refractivity contribution in [2.75, 3.05) is 0 Å². The van der Waals surface area contributed by atoms with Gasteiger partial charge in [0.2, 0.25) is 0 Å². The summed E-state index contributed by atoms with van der Waals surface area (Å²) >= 11 is -5.62. The van der Waals surface area contributed by atoms with E-state index in [9.17, 15) is 0 Å². The molecule has 0 rings (SSSR count). The smallest absolute Gasteiger partial charge is 2.00 e. The van der Waals surface area contributed by atoms with Crippen molar-refractivity contribution < 1.29 is 16.0 Å².